The summed E-state index contributed by atoms with van der Waals surface area (Å²) in [5.74, 6) is -2.50. The summed E-state index contributed by atoms with van der Waals surface area (Å²) in [6.45, 7) is 4.42. The molecule has 19 heteroatoms. The molecule has 0 fully saturated rings. The van der Waals surface area contributed by atoms with Crippen molar-refractivity contribution in [2.75, 3.05) is 39.6 Å². The predicted octanol–water partition coefficient (Wildman–Crippen LogP) is 25.4. The predicted molar refractivity (Wildman–Crippen MR) is 463 cm³/mol. The summed E-state index contributed by atoms with van der Waals surface area (Å²) in [6.07, 6.45) is 104. The van der Waals surface area contributed by atoms with E-state index in [0.717, 1.165) is 122 Å². The zero-order chi connectivity index (χ0) is 81.7. The number of unbranched alkanes of at least 4 members (excludes halogenated alkanes) is 17. The van der Waals surface area contributed by atoms with Crippen LogP contribution in [0.5, 0.6) is 0 Å². The number of ether oxygens (including phenoxy) is 4. The molecular formula is C93H148O17P2. The van der Waals surface area contributed by atoms with Crippen molar-refractivity contribution in [3.8, 4) is 0 Å². The Bertz CT molecular complexity index is 2940. The number of hydrogen-bond donors (Lipinski definition) is 3. The van der Waals surface area contributed by atoms with Crippen LogP contribution in [0, 0.1) is 0 Å². The fraction of sp³-hybridized carbons (Fsp3) is 0.591. The van der Waals surface area contributed by atoms with Crippen LogP contribution in [0.4, 0.5) is 0 Å². The molecule has 0 heterocycles. The van der Waals surface area contributed by atoms with Crippen LogP contribution in [0.25, 0.3) is 0 Å². The molecule has 0 aliphatic carbocycles. The first-order valence-electron chi connectivity index (χ1n) is 42.3. The molecule has 0 radical (unpaired) electrons. The van der Waals surface area contributed by atoms with Gasteiger partial charge in [0.05, 0.1) is 26.4 Å². The van der Waals surface area contributed by atoms with Crippen molar-refractivity contribution in [2.45, 2.75) is 316 Å². The van der Waals surface area contributed by atoms with Crippen molar-refractivity contribution in [1.82, 2.24) is 0 Å². The highest BCUT2D eigenvalue weighted by atomic mass is 31.2. The number of carbonyl (C=O) groups is 4. The lowest BCUT2D eigenvalue weighted by molar-refractivity contribution is -0.161. The molecule has 17 nitrogen and oxygen atoms in total. The third kappa shape index (κ3) is 81.6. The minimum atomic E-state index is -5.04. The average Bonchev–Trinajstić information content (AvgIpc) is 0.908. The Morgan fingerprint density at radius 3 is 0.795 bits per heavy atom. The molecule has 632 valence electrons. The van der Waals surface area contributed by atoms with Gasteiger partial charge in [-0.25, -0.2) is 9.13 Å². The maximum Gasteiger partial charge on any atom is 0.472 e. The van der Waals surface area contributed by atoms with E-state index in [2.05, 4.69) is 180 Å². The highest BCUT2D eigenvalue weighted by Gasteiger charge is 2.30. The SMILES string of the molecule is CC/C=C\C/C=C\C/C=C\C/C=C\C/C=C\C/C=C\CCC(=O)OC[C@H](COP(=O)(O)OC[C@@H](O)COP(=O)(O)OC[C@@H](COC(=O)CCCCCCC/C=C\CCCCCCCC)OC(=O)CC/C=C\C/C=C\C/C=C\C/C=C\C/C=C\CCCCC)OC(=O)CC/C=C\C/C=C\C/C=C\C/C=C\C/C=C\CCCCC. The average molecular weight is 1600 g/mol. The van der Waals surface area contributed by atoms with Crippen LogP contribution in [0.1, 0.15) is 297 Å². The molecule has 0 saturated heterocycles. The summed E-state index contributed by atoms with van der Waals surface area (Å²) in [7, 11) is -10.1. The van der Waals surface area contributed by atoms with Gasteiger partial charge in [-0.15, -0.1) is 0 Å². The second-order valence-corrected chi connectivity index (χ2v) is 30.2. The number of allylic oxidation sites excluding steroid dienone is 34. The maximum atomic E-state index is 13.1. The third-order valence-electron chi connectivity index (χ3n) is 16.7. The van der Waals surface area contributed by atoms with Crippen LogP contribution in [0.2, 0.25) is 0 Å². The summed E-state index contributed by atoms with van der Waals surface area (Å²) in [5, 5.41) is 10.7. The van der Waals surface area contributed by atoms with E-state index < -0.39 is 97.5 Å². The fourth-order valence-corrected chi connectivity index (χ4v) is 11.9. The molecule has 0 saturated carbocycles. The van der Waals surface area contributed by atoms with E-state index in [0.29, 0.717) is 44.9 Å². The van der Waals surface area contributed by atoms with Crippen molar-refractivity contribution in [2.24, 2.45) is 0 Å². The van der Waals surface area contributed by atoms with Crippen LogP contribution in [0.3, 0.4) is 0 Å². The number of rotatable bonds is 77. The second-order valence-electron chi connectivity index (χ2n) is 27.3. The molecular weight excluding hydrogens is 1450 g/mol. The molecule has 3 N–H and O–H groups in total. The molecule has 0 bridgehead atoms. The maximum absolute atomic E-state index is 13.1. The van der Waals surface area contributed by atoms with E-state index in [4.69, 9.17) is 37.0 Å². The van der Waals surface area contributed by atoms with Gasteiger partial charge in [-0.2, -0.15) is 0 Å². The first-order valence-corrected chi connectivity index (χ1v) is 45.3. The lowest BCUT2D eigenvalue weighted by atomic mass is 10.1. The second kappa shape index (κ2) is 82.6. The van der Waals surface area contributed by atoms with Crippen molar-refractivity contribution in [3.05, 3.63) is 207 Å². The Hall–Kier alpha value is -6.36. The van der Waals surface area contributed by atoms with Crippen LogP contribution in [-0.2, 0) is 65.4 Å². The number of phosphoric acid groups is 2. The van der Waals surface area contributed by atoms with Gasteiger partial charge in [-0.05, 0) is 167 Å². The molecule has 0 aromatic carbocycles. The van der Waals surface area contributed by atoms with Crippen LogP contribution in [0.15, 0.2) is 207 Å². The summed E-state index contributed by atoms with van der Waals surface area (Å²) < 4.78 is 68.5. The number of aliphatic hydroxyl groups excluding tert-OH is 1. The van der Waals surface area contributed by atoms with Gasteiger partial charge in [0, 0.05) is 25.7 Å². The monoisotopic (exact) mass is 1600 g/mol. The van der Waals surface area contributed by atoms with Crippen molar-refractivity contribution in [1.29, 1.82) is 0 Å². The summed E-state index contributed by atoms with van der Waals surface area (Å²) in [6, 6.07) is 0. The largest absolute Gasteiger partial charge is 0.472 e. The molecule has 0 aliphatic rings. The summed E-state index contributed by atoms with van der Waals surface area (Å²) in [4.78, 5) is 73.1. The third-order valence-corrected chi connectivity index (χ3v) is 18.6. The van der Waals surface area contributed by atoms with Gasteiger partial charge in [0.1, 0.15) is 19.3 Å². The highest BCUT2D eigenvalue weighted by Crippen LogP contribution is 2.45. The van der Waals surface area contributed by atoms with Gasteiger partial charge in [0.25, 0.3) is 0 Å². The topological polar surface area (TPSA) is 237 Å². The number of hydrogen-bond acceptors (Lipinski definition) is 15. The van der Waals surface area contributed by atoms with E-state index in [1.807, 2.05) is 54.7 Å². The quantitative estimate of drug-likeness (QED) is 0.0169. The van der Waals surface area contributed by atoms with Crippen LogP contribution < -0.4 is 0 Å². The van der Waals surface area contributed by atoms with Gasteiger partial charge >= 0.3 is 39.5 Å². The van der Waals surface area contributed by atoms with E-state index in [9.17, 15) is 43.2 Å². The number of esters is 4. The zero-order valence-electron chi connectivity index (χ0n) is 69.3. The molecule has 0 rings (SSSR count). The lowest BCUT2D eigenvalue weighted by Crippen LogP contribution is -2.30. The molecule has 0 aromatic heterocycles. The first kappa shape index (κ1) is 106. The van der Waals surface area contributed by atoms with Crippen LogP contribution >= 0.6 is 15.6 Å². The Morgan fingerprint density at radius 2 is 0.482 bits per heavy atom. The zero-order valence-corrected chi connectivity index (χ0v) is 71.0. The van der Waals surface area contributed by atoms with Crippen molar-refractivity contribution >= 4 is 39.5 Å². The van der Waals surface area contributed by atoms with Crippen molar-refractivity contribution in [3.63, 3.8) is 0 Å². The van der Waals surface area contributed by atoms with Gasteiger partial charge in [0.2, 0.25) is 0 Å². The van der Waals surface area contributed by atoms with Gasteiger partial charge < -0.3 is 33.8 Å². The van der Waals surface area contributed by atoms with E-state index in [1.165, 1.54) is 77.0 Å². The van der Waals surface area contributed by atoms with Gasteiger partial charge in [0.15, 0.2) is 12.2 Å². The molecule has 0 spiro atoms. The number of phosphoric ester groups is 2. The number of aliphatic hydroxyl groups is 1. The normalized spacial score (nSPS) is 14.8. The molecule has 0 aromatic rings. The minimum Gasteiger partial charge on any atom is -0.462 e. The van der Waals surface area contributed by atoms with E-state index >= 15 is 0 Å². The Labute approximate surface area is 678 Å². The summed E-state index contributed by atoms with van der Waals surface area (Å²) in [5.41, 5.74) is 0. The molecule has 112 heavy (non-hydrogen) atoms. The fourth-order valence-electron chi connectivity index (χ4n) is 10.3. The summed E-state index contributed by atoms with van der Waals surface area (Å²) >= 11 is 0. The van der Waals surface area contributed by atoms with Crippen LogP contribution in [-0.4, -0.2) is 96.7 Å². The van der Waals surface area contributed by atoms with Gasteiger partial charge in [-0.3, -0.25) is 37.3 Å². The van der Waals surface area contributed by atoms with E-state index in [-0.39, 0.29) is 25.7 Å². The smallest absolute Gasteiger partial charge is 0.462 e. The Balaban J connectivity index is 5.62. The number of carbonyl (C=O) groups excluding carboxylic acids is 4. The molecule has 5 atom stereocenters. The Morgan fingerprint density at radius 1 is 0.259 bits per heavy atom. The lowest BCUT2D eigenvalue weighted by Gasteiger charge is -2.21. The van der Waals surface area contributed by atoms with Crippen molar-refractivity contribution < 1.29 is 80.2 Å². The highest BCUT2D eigenvalue weighted by molar-refractivity contribution is 7.47. The molecule has 2 unspecified atom stereocenters. The van der Waals surface area contributed by atoms with E-state index in [1.54, 1.807) is 0 Å². The molecule has 0 amide bonds. The van der Waals surface area contributed by atoms with Gasteiger partial charge in [-0.1, -0.05) is 311 Å². The first-order chi connectivity index (χ1) is 54.7. The Kier molecular flexibility index (Phi) is 77.9. The molecule has 0 aliphatic heterocycles. The minimum absolute atomic E-state index is 0.0101. The standard InChI is InChI=1S/C93H148O17P2/c1-5-9-13-17-21-25-29-33-37-40-43-46-50-54-58-62-66-70-74-78-91(96)104-84-89(110-93(98)80-76-72-68-64-60-56-52-48-45-42-39-35-31-27-23-19-15-11-7-3)86-108-112(101,102)106-82-87(94)81-105-111(99,100)107-85-88(83-103-90(95)77-73-69-65-61-57-53-49-36-32-28-24-20-16-12-8-4)109-92(97)79-75-71-67-63-59-55-51-47-44-41-38-34-30-26-22-18-14-10-6-2/h9,13,21-23,25-27,33-39,43-49,54-56,58-60,66-68,70-72,87-89,94H,5-8,10-12,14-20,24,28-32,40-42,50-53,57,61-65,69,73-86H2,1-4H3,(H,99,100)(H,101,102)/b13-9-,25-21-,26-22-,27-23-,37-33-,38-34-,39-35-,46-43-,47-44-,48-45-,49-36-,58-54-,59-55-,60-56-,70-66-,71-67-,72-68-/t87-,88+,89+/m0/s1.